The Labute approximate surface area is 221 Å². The minimum atomic E-state index is -1.99. The fourth-order valence-electron chi connectivity index (χ4n) is 4.31. The number of anilines is 1. The van der Waals surface area contributed by atoms with Crippen molar-refractivity contribution < 1.29 is 38.4 Å². The Morgan fingerprint density at radius 1 is 1.37 bits per heavy atom. The summed E-state index contributed by atoms with van der Waals surface area (Å²) in [6.45, 7) is -0.270. The van der Waals surface area contributed by atoms with Crippen LogP contribution in [0.5, 0.6) is 0 Å². The zero-order valence-electron chi connectivity index (χ0n) is 19.4. The quantitative estimate of drug-likeness (QED) is 0.145. The van der Waals surface area contributed by atoms with E-state index in [1.54, 1.807) is 0 Å². The second kappa shape index (κ2) is 9.56. The highest BCUT2D eigenvalue weighted by atomic mass is 32.2. The van der Waals surface area contributed by atoms with Gasteiger partial charge in [0, 0.05) is 17.5 Å². The number of rotatable bonds is 8. The number of carbonyl (C=O) groups excluding carboxylic acids is 4. The number of ether oxygens (including phenoxy) is 2. The molecule has 5 rings (SSSR count). The summed E-state index contributed by atoms with van der Waals surface area (Å²) in [4.78, 5) is 71.6. The first kappa shape index (κ1) is 25.4. The number of fused-ring (bicyclic) bond motifs is 3. The van der Waals surface area contributed by atoms with Crippen LogP contribution >= 0.6 is 23.1 Å². The molecule has 1 aromatic carbocycles. The fraction of sp³-hybridized carbons (Fsp3) is 0.333. The Bertz CT molecular complexity index is 1380. The van der Waals surface area contributed by atoms with Crippen LogP contribution < -0.4 is 11.1 Å². The van der Waals surface area contributed by atoms with Crippen LogP contribution in [0.15, 0.2) is 34.8 Å². The number of benzene rings is 1. The summed E-state index contributed by atoms with van der Waals surface area (Å²) in [5.74, 6) is -3.04. The lowest BCUT2D eigenvalue weighted by molar-refractivity contribution is -0.384. The predicted octanol–water partition coefficient (Wildman–Crippen LogP) is 0.139. The van der Waals surface area contributed by atoms with Gasteiger partial charge in [-0.15, -0.1) is 23.1 Å². The van der Waals surface area contributed by atoms with Gasteiger partial charge in [-0.1, -0.05) is 5.16 Å². The molecule has 17 heteroatoms. The van der Waals surface area contributed by atoms with Gasteiger partial charge in [-0.05, 0) is 17.7 Å². The van der Waals surface area contributed by atoms with E-state index < -0.39 is 51.1 Å². The van der Waals surface area contributed by atoms with Gasteiger partial charge in [0.15, 0.2) is 10.8 Å². The van der Waals surface area contributed by atoms with Crippen molar-refractivity contribution in [3.8, 4) is 0 Å². The number of nitrogens with zero attached hydrogens (tertiary/aromatic N) is 4. The van der Waals surface area contributed by atoms with Crippen molar-refractivity contribution >= 4 is 63.4 Å². The zero-order valence-corrected chi connectivity index (χ0v) is 21.0. The molecule has 15 nitrogen and oxygen atoms in total. The standard InChI is InChI=1S/C21H18N6O9S2/c1-34-25-14(11-8-37-20(22)23-11)16(29)24-15-17(30)26-18(15)38-12-6-13(28)36-21(12,26)19(31)35-7-9-2-4-10(5-3-9)27(32)33/h2-5,8,12,15,18H,6-7H2,1H3,(H2,22,23)(H,24,29)/b25-14-/t12-,15-,18-,21-/m1/s1. The van der Waals surface area contributed by atoms with Gasteiger partial charge in [0.1, 0.15) is 30.8 Å². The molecule has 4 heterocycles. The first-order chi connectivity index (χ1) is 18.1. The van der Waals surface area contributed by atoms with Crippen LogP contribution in [0, 0.1) is 10.1 Å². The number of carbonyl (C=O) groups is 4. The maximum atomic E-state index is 13.2. The van der Waals surface area contributed by atoms with E-state index in [0.29, 0.717) is 5.56 Å². The van der Waals surface area contributed by atoms with E-state index in [1.807, 2.05) is 0 Å². The van der Waals surface area contributed by atoms with Crippen molar-refractivity contribution in [2.24, 2.45) is 5.16 Å². The summed E-state index contributed by atoms with van der Waals surface area (Å²) in [6.07, 6.45) is -0.146. The first-order valence-electron chi connectivity index (χ1n) is 10.9. The molecule has 0 bridgehead atoms. The number of amides is 2. The average Bonchev–Trinajstić information content (AvgIpc) is 3.54. The number of aromatic nitrogens is 1. The van der Waals surface area contributed by atoms with Crippen molar-refractivity contribution in [1.29, 1.82) is 0 Å². The summed E-state index contributed by atoms with van der Waals surface area (Å²) in [5.41, 5.74) is 3.93. The van der Waals surface area contributed by atoms with Crippen LogP contribution in [0.4, 0.5) is 10.8 Å². The number of hydrogen-bond donors (Lipinski definition) is 2. The highest BCUT2D eigenvalue weighted by Crippen LogP contribution is 2.55. The second-order valence-corrected chi connectivity index (χ2v) is 10.5. The number of nitrogens with one attached hydrogen (secondary N) is 1. The summed E-state index contributed by atoms with van der Waals surface area (Å²) in [7, 11) is 1.24. The number of hydrogen-bond acceptors (Lipinski definition) is 14. The molecule has 0 aliphatic carbocycles. The Morgan fingerprint density at radius 3 is 2.74 bits per heavy atom. The molecule has 198 valence electrons. The van der Waals surface area contributed by atoms with E-state index in [-0.39, 0.29) is 35.3 Å². The summed E-state index contributed by atoms with van der Waals surface area (Å²) < 4.78 is 10.8. The van der Waals surface area contributed by atoms with Gasteiger partial charge < -0.3 is 25.4 Å². The van der Waals surface area contributed by atoms with Crippen LogP contribution in [0.3, 0.4) is 0 Å². The Balaban J connectivity index is 1.31. The van der Waals surface area contributed by atoms with Crippen molar-refractivity contribution in [2.45, 2.75) is 35.4 Å². The van der Waals surface area contributed by atoms with Gasteiger partial charge in [0.2, 0.25) is 0 Å². The van der Waals surface area contributed by atoms with Crippen LogP contribution in [-0.2, 0) is 40.1 Å². The van der Waals surface area contributed by atoms with Gasteiger partial charge in [-0.2, -0.15) is 0 Å². The molecule has 38 heavy (non-hydrogen) atoms. The van der Waals surface area contributed by atoms with Crippen molar-refractivity contribution in [3.63, 3.8) is 0 Å². The first-order valence-corrected chi connectivity index (χ1v) is 12.7. The Kier molecular flexibility index (Phi) is 6.39. The fourth-order valence-corrected chi connectivity index (χ4v) is 6.60. The third-order valence-corrected chi connectivity index (χ3v) is 8.27. The number of nitrogen functional groups attached to an aromatic ring is 1. The molecular weight excluding hydrogens is 544 g/mol. The molecular formula is C21H18N6O9S2. The molecule has 3 N–H and O–H groups in total. The lowest BCUT2D eigenvalue weighted by atomic mass is 9.98. The van der Waals surface area contributed by atoms with Crippen molar-refractivity contribution in [3.05, 3.63) is 51.0 Å². The minimum absolute atomic E-state index is 0.130. The Morgan fingerprint density at radius 2 is 2.11 bits per heavy atom. The summed E-state index contributed by atoms with van der Waals surface area (Å²) in [5, 5.41) is 17.3. The van der Waals surface area contributed by atoms with Gasteiger partial charge in [0.25, 0.3) is 23.2 Å². The lowest BCUT2D eigenvalue weighted by Crippen LogP contribution is -2.75. The largest absolute Gasteiger partial charge is 0.456 e. The highest BCUT2D eigenvalue weighted by Gasteiger charge is 2.75. The lowest BCUT2D eigenvalue weighted by Gasteiger charge is -2.46. The van der Waals surface area contributed by atoms with Gasteiger partial charge in [0.05, 0.1) is 16.6 Å². The molecule has 0 saturated carbocycles. The van der Waals surface area contributed by atoms with E-state index in [2.05, 4.69) is 15.5 Å². The third kappa shape index (κ3) is 4.08. The predicted molar refractivity (Wildman–Crippen MR) is 130 cm³/mol. The van der Waals surface area contributed by atoms with Crippen LogP contribution in [0.1, 0.15) is 17.7 Å². The molecule has 2 aromatic rings. The Hall–Kier alpha value is -4.25. The topological polar surface area (TPSA) is 206 Å². The molecule has 3 fully saturated rings. The van der Waals surface area contributed by atoms with Crippen LogP contribution in [-0.4, -0.2) is 73.8 Å². The second-order valence-electron chi connectivity index (χ2n) is 8.24. The van der Waals surface area contributed by atoms with E-state index in [1.165, 1.54) is 36.8 Å². The number of nitro groups is 1. The van der Waals surface area contributed by atoms with E-state index in [0.717, 1.165) is 28.0 Å². The number of non-ortho nitro benzene ring substituents is 1. The molecule has 1 aromatic heterocycles. The van der Waals surface area contributed by atoms with Gasteiger partial charge in [-0.3, -0.25) is 29.4 Å². The number of nitrogens with two attached hydrogens (primary N) is 1. The van der Waals surface area contributed by atoms with Gasteiger partial charge in [-0.25, -0.2) is 9.78 Å². The zero-order chi connectivity index (χ0) is 27.2. The van der Waals surface area contributed by atoms with E-state index in [9.17, 15) is 29.3 Å². The number of β-lactam (4-membered cyclic amide) rings is 1. The molecule has 4 atom stereocenters. The van der Waals surface area contributed by atoms with E-state index >= 15 is 0 Å². The highest BCUT2D eigenvalue weighted by molar-refractivity contribution is 8.01. The number of oxime groups is 1. The number of thiazole rings is 1. The average molecular weight is 563 g/mol. The number of thioether (sulfide) groups is 1. The summed E-state index contributed by atoms with van der Waals surface area (Å²) in [6, 6.07) is 4.31. The minimum Gasteiger partial charge on any atom is -0.456 e. The maximum Gasteiger partial charge on any atom is 0.374 e. The summed E-state index contributed by atoms with van der Waals surface area (Å²) >= 11 is 2.22. The molecule has 3 saturated heterocycles. The SMILES string of the molecule is CO/N=C(\C(=O)N[C@@H]1C(=O)N2[C@@H]1S[C@@H]1CC(=O)O[C@@]12C(=O)OCc1ccc([N+](=O)[O-])cc1)c1csc(N)n1. The normalized spacial score (nSPS) is 25.7. The smallest absolute Gasteiger partial charge is 0.374 e. The van der Waals surface area contributed by atoms with Crippen LogP contribution in [0.2, 0.25) is 0 Å². The molecule has 3 aliphatic rings. The van der Waals surface area contributed by atoms with Crippen molar-refractivity contribution in [2.75, 3.05) is 12.8 Å². The monoisotopic (exact) mass is 562 g/mol. The maximum absolute atomic E-state index is 13.2. The van der Waals surface area contributed by atoms with Crippen LogP contribution in [0.25, 0.3) is 0 Å². The van der Waals surface area contributed by atoms with E-state index in [4.69, 9.17) is 20.0 Å². The van der Waals surface area contributed by atoms with Gasteiger partial charge >= 0.3 is 11.9 Å². The molecule has 0 unspecified atom stereocenters. The molecule has 0 radical (unpaired) electrons. The molecule has 3 aliphatic heterocycles. The number of esters is 2. The number of nitro benzene ring substituents is 1. The molecule has 0 spiro atoms. The van der Waals surface area contributed by atoms with Crippen molar-refractivity contribution in [1.82, 2.24) is 15.2 Å². The third-order valence-electron chi connectivity index (χ3n) is 6.02. The molecule has 2 amide bonds.